The Morgan fingerprint density at radius 2 is 1.97 bits per heavy atom. The summed E-state index contributed by atoms with van der Waals surface area (Å²) >= 11 is 18.5. The zero-order chi connectivity index (χ0) is 23.4. The molecule has 10 heteroatoms. The fraction of sp³-hybridized carbons (Fsp3) is 0.261. The fourth-order valence-corrected chi connectivity index (χ4v) is 5.23. The minimum atomic E-state index is -0.340. The average molecular weight is 523 g/mol. The van der Waals surface area contributed by atoms with Gasteiger partial charge < -0.3 is 14.8 Å². The van der Waals surface area contributed by atoms with Gasteiger partial charge in [-0.05, 0) is 54.8 Å². The first-order valence-electron chi connectivity index (χ1n) is 10.2. The van der Waals surface area contributed by atoms with E-state index in [9.17, 15) is 9.59 Å². The van der Waals surface area contributed by atoms with Crippen LogP contribution in [0.3, 0.4) is 0 Å². The Morgan fingerprint density at radius 3 is 2.64 bits per heavy atom. The van der Waals surface area contributed by atoms with E-state index >= 15 is 0 Å². The van der Waals surface area contributed by atoms with Gasteiger partial charge in [-0.3, -0.25) is 14.5 Å². The van der Waals surface area contributed by atoms with E-state index in [1.165, 1.54) is 11.8 Å². The number of benzene rings is 2. The molecule has 0 radical (unpaired) electrons. The molecule has 33 heavy (non-hydrogen) atoms. The SMILES string of the molecule is O=C(COc1ccc(C=C2SC(=S)N(CC3CCCO3)C2=O)cc1)Nc1cc(Cl)cc(Cl)c1. The molecular weight excluding hydrogens is 503 g/mol. The van der Waals surface area contributed by atoms with Gasteiger partial charge in [0.2, 0.25) is 0 Å². The van der Waals surface area contributed by atoms with Crippen molar-refractivity contribution in [3.63, 3.8) is 0 Å². The minimum absolute atomic E-state index is 0.0522. The van der Waals surface area contributed by atoms with Crippen LogP contribution in [0.5, 0.6) is 5.75 Å². The number of anilines is 1. The van der Waals surface area contributed by atoms with Crippen LogP contribution in [0.4, 0.5) is 5.69 Å². The topological polar surface area (TPSA) is 67.9 Å². The molecule has 0 bridgehead atoms. The van der Waals surface area contributed by atoms with Crippen molar-refractivity contribution in [2.24, 2.45) is 0 Å². The Kier molecular flexibility index (Phi) is 7.93. The maximum Gasteiger partial charge on any atom is 0.266 e. The number of rotatable bonds is 7. The van der Waals surface area contributed by atoms with Crippen molar-refractivity contribution in [2.45, 2.75) is 18.9 Å². The van der Waals surface area contributed by atoms with E-state index in [0.29, 0.717) is 37.3 Å². The van der Waals surface area contributed by atoms with Crippen LogP contribution in [0, 0.1) is 0 Å². The highest BCUT2D eigenvalue weighted by molar-refractivity contribution is 8.26. The first kappa shape index (κ1) is 24.0. The second-order valence-corrected chi connectivity index (χ2v) is 10.0. The van der Waals surface area contributed by atoms with Crippen molar-refractivity contribution in [3.05, 3.63) is 63.0 Å². The molecule has 2 fully saturated rings. The highest BCUT2D eigenvalue weighted by Crippen LogP contribution is 2.33. The highest BCUT2D eigenvalue weighted by Gasteiger charge is 2.34. The van der Waals surface area contributed by atoms with E-state index in [0.717, 1.165) is 25.0 Å². The van der Waals surface area contributed by atoms with Gasteiger partial charge in [0.05, 0.1) is 17.6 Å². The van der Waals surface area contributed by atoms with E-state index in [-0.39, 0.29) is 24.5 Å². The normalized spacial score (nSPS) is 19.4. The molecule has 4 rings (SSSR count). The molecule has 0 aliphatic carbocycles. The largest absolute Gasteiger partial charge is 0.484 e. The van der Waals surface area contributed by atoms with E-state index in [1.54, 1.807) is 41.3 Å². The molecule has 2 amide bonds. The number of thiocarbonyl (C=S) groups is 1. The van der Waals surface area contributed by atoms with Gasteiger partial charge in [-0.25, -0.2) is 0 Å². The molecule has 2 aliphatic rings. The summed E-state index contributed by atoms with van der Waals surface area (Å²) in [4.78, 5) is 27.1. The second-order valence-electron chi connectivity index (χ2n) is 7.49. The van der Waals surface area contributed by atoms with Crippen molar-refractivity contribution >= 4 is 75.1 Å². The molecule has 2 aromatic carbocycles. The predicted octanol–water partition coefficient (Wildman–Crippen LogP) is 5.39. The molecule has 2 saturated heterocycles. The Bertz CT molecular complexity index is 1080. The maximum absolute atomic E-state index is 12.8. The van der Waals surface area contributed by atoms with Crippen molar-refractivity contribution in [1.29, 1.82) is 0 Å². The Labute approximate surface area is 211 Å². The summed E-state index contributed by atoms with van der Waals surface area (Å²) in [6.45, 7) is 1.06. The van der Waals surface area contributed by atoms with Gasteiger partial charge >= 0.3 is 0 Å². The van der Waals surface area contributed by atoms with Crippen LogP contribution in [0.25, 0.3) is 6.08 Å². The van der Waals surface area contributed by atoms with Crippen LogP contribution >= 0.6 is 47.2 Å². The van der Waals surface area contributed by atoms with Crippen molar-refractivity contribution < 1.29 is 19.1 Å². The number of ether oxygens (including phenoxy) is 2. The lowest BCUT2D eigenvalue weighted by molar-refractivity contribution is -0.123. The minimum Gasteiger partial charge on any atom is -0.484 e. The maximum atomic E-state index is 12.8. The monoisotopic (exact) mass is 522 g/mol. The Morgan fingerprint density at radius 1 is 1.24 bits per heavy atom. The van der Waals surface area contributed by atoms with Crippen LogP contribution < -0.4 is 10.1 Å². The number of carbonyl (C=O) groups excluding carboxylic acids is 2. The molecular formula is C23H20Cl2N2O4S2. The van der Waals surface area contributed by atoms with Crippen molar-refractivity contribution in [3.8, 4) is 5.75 Å². The van der Waals surface area contributed by atoms with Gasteiger partial charge in [0.15, 0.2) is 6.61 Å². The molecule has 0 saturated carbocycles. The lowest BCUT2D eigenvalue weighted by Gasteiger charge is -2.18. The number of hydrogen-bond acceptors (Lipinski definition) is 6. The molecule has 172 valence electrons. The molecule has 2 aromatic rings. The van der Waals surface area contributed by atoms with Gasteiger partial charge in [0.1, 0.15) is 10.1 Å². The molecule has 2 heterocycles. The van der Waals surface area contributed by atoms with Crippen LogP contribution in [-0.2, 0) is 14.3 Å². The molecule has 6 nitrogen and oxygen atoms in total. The summed E-state index contributed by atoms with van der Waals surface area (Å²) in [6, 6.07) is 11.9. The summed E-state index contributed by atoms with van der Waals surface area (Å²) in [7, 11) is 0. The summed E-state index contributed by atoms with van der Waals surface area (Å²) in [5, 5.41) is 3.54. The fourth-order valence-electron chi connectivity index (χ4n) is 3.43. The summed E-state index contributed by atoms with van der Waals surface area (Å²) in [6.07, 6.45) is 3.81. The van der Waals surface area contributed by atoms with Crippen molar-refractivity contribution in [1.82, 2.24) is 4.90 Å². The van der Waals surface area contributed by atoms with Gasteiger partial charge in [0.25, 0.3) is 11.8 Å². The summed E-state index contributed by atoms with van der Waals surface area (Å²) in [5.74, 6) is 0.0864. The third-order valence-electron chi connectivity index (χ3n) is 4.98. The number of hydrogen-bond donors (Lipinski definition) is 1. The zero-order valence-corrected chi connectivity index (χ0v) is 20.5. The second kappa shape index (κ2) is 10.9. The van der Waals surface area contributed by atoms with E-state index in [4.69, 9.17) is 44.9 Å². The summed E-state index contributed by atoms with van der Waals surface area (Å²) in [5.41, 5.74) is 1.33. The third kappa shape index (κ3) is 6.49. The van der Waals surface area contributed by atoms with Crippen LogP contribution in [0.1, 0.15) is 18.4 Å². The summed E-state index contributed by atoms with van der Waals surface area (Å²) < 4.78 is 11.7. The van der Waals surface area contributed by atoms with Gasteiger partial charge in [-0.1, -0.05) is 59.3 Å². The molecule has 1 N–H and O–H groups in total. The third-order valence-corrected chi connectivity index (χ3v) is 6.79. The standard InChI is InChI=1S/C23H20Cl2N2O4S2/c24-15-9-16(25)11-17(10-15)26-21(28)13-31-18-5-3-14(4-6-18)8-20-22(29)27(23(32)33-20)12-19-2-1-7-30-19/h3-6,8-11,19H,1-2,7,12-13H2,(H,26,28). The van der Waals surface area contributed by atoms with E-state index in [1.807, 2.05) is 12.1 Å². The molecule has 0 aromatic heterocycles. The Balaban J connectivity index is 1.31. The number of nitrogens with zero attached hydrogens (tertiary/aromatic N) is 1. The lowest BCUT2D eigenvalue weighted by atomic mass is 10.2. The van der Waals surface area contributed by atoms with Gasteiger partial charge in [-0.2, -0.15) is 0 Å². The van der Waals surface area contributed by atoms with Gasteiger partial charge in [0, 0.05) is 22.3 Å². The van der Waals surface area contributed by atoms with Crippen LogP contribution in [0.15, 0.2) is 47.4 Å². The van der Waals surface area contributed by atoms with Gasteiger partial charge in [-0.15, -0.1) is 0 Å². The smallest absolute Gasteiger partial charge is 0.266 e. The average Bonchev–Trinajstić information content (AvgIpc) is 3.37. The lowest BCUT2D eigenvalue weighted by Crippen LogP contribution is -2.35. The molecule has 1 unspecified atom stereocenters. The first-order valence-corrected chi connectivity index (χ1v) is 12.2. The zero-order valence-electron chi connectivity index (χ0n) is 17.4. The van der Waals surface area contributed by atoms with E-state index in [2.05, 4.69) is 5.32 Å². The van der Waals surface area contributed by atoms with Crippen LogP contribution in [-0.4, -0.2) is 46.9 Å². The number of nitrogens with one attached hydrogen (secondary N) is 1. The Hall–Kier alpha value is -2.10. The predicted molar refractivity (Wildman–Crippen MR) is 136 cm³/mol. The molecule has 0 spiro atoms. The number of halogens is 2. The molecule has 1 atom stereocenters. The number of thioether (sulfide) groups is 1. The number of carbonyl (C=O) groups is 2. The quantitative estimate of drug-likeness (QED) is 0.388. The van der Waals surface area contributed by atoms with Crippen molar-refractivity contribution in [2.75, 3.05) is 25.1 Å². The molecule has 2 aliphatic heterocycles. The van der Waals surface area contributed by atoms with Crippen LogP contribution in [0.2, 0.25) is 10.0 Å². The number of amides is 2. The first-order chi connectivity index (χ1) is 15.9. The van der Waals surface area contributed by atoms with E-state index < -0.39 is 0 Å². The highest BCUT2D eigenvalue weighted by atomic mass is 35.5.